The minimum atomic E-state index is 0.121. The van der Waals surface area contributed by atoms with Crippen LogP contribution in [0.15, 0.2) is 5.38 Å². The van der Waals surface area contributed by atoms with Gasteiger partial charge in [-0.1, -0.05) is 6.92 Å². The van der Waals surface area contributed by atoms with Crippen LogP contribution in [0.2, 0.25) is 0 Å². The molecule has 88 valence electrons. The molecule has 1 amide bonds. The number of hydrogen-bond acceptors (Lipinski definition) is 4. The largest absolute Gasteiger partial charge is 0.354 e. The van der Waals surface area contributed by atoms with Crippen LogP contribution in [0.4, 0.5) is 0 Å². The minimum Gasteiger partial charge on any atom is -0.354 e. The molecular weight excluding hydrogens is 222 g/mol. The maximum atomic E-state index is 11.2. The number of piperazine rings is 1. The molecule has 1 fully saturated rings. The van der Waals surface area contributed by atoms with Crippen molar-refractivity contribution in [1.29, 1.82) is 0 Å². The number of nitrogens with zero attached hydrogens (tertiary/aromatic N) is 2. The third-order valence-electron chi connectivity index (χ3n) is 2.57. The lowest BCUT2D eigenvalue weighted by Crippen LogP contribution is -2.47. The van der Waals surface area contributed by atoms with Crippen molar-refractivity contribution in [1.82, 2.24) is 15.2 Å². The molecule has 0 bridgehead atoms. The van der Waals surface area contributed by atoms with Gasteiger partial charge < -0.3 is 5.32 Å². The summed E-state index contributed by atoms with van der Waals surface area (Å²) in [6, 6.07) is 0. The number of carbonyl (C=O) groups is 1. The van der Waals surface area contributed by atoms with Crippen molar-refractivity contribution in [2.45, 2.75) is 26.3 Å². The van der Waals surface area contributed by atoms with Crippen LogP contribution < -0.4 is 5.32 Å². The molecule has 2 rings (SSSR count). The van der Waals surface area contributed by atoms with E-state index < -0.39 is 0 Å². The van der Waals surface area contributed by atoms with Crippen LogP contribution in [0.5, 0.6) is 0 Å². The molecule has 0 spiro atoms. The van der Waals surface area contributed by atoms with Crippen molar-refractivity contribution in [3.63, 3.8) is 0 Å². The van der Waals surface area contributed by atoms with Gasteiger partial charge in [0.05, 0.1) is 17.2 Å². The molecule has 0 saturated carbocycles. The Labute approximate surface area is 99.7 Å². The van der Waals surface area contributed by atoms with Crippen LogP contribution in [0, 0.1) is 0 Å². The molecule has 0 aliphatic carbocycles. The summed E-state index contributed by atoms with van der Waals surface area (Å²) in [6.07, 6.45) is 2.20. The Balaban J connectivity index is 1.89. The van der Waals surface area contributed by atoms with E-state index in [0.717, 1.165) is 38.2 Å². The van der Waals surface area contributed by atoms with E-state index in [2.05, 4.69) is 27.5 Å². The number of aromatic nitrogens is 1. The van der Waals surface area contributed by atoms with Gasteiger partial charge >= 0.3 is 0 Å². The SMILES string of the molecule is CCCc1nc(CN2CCNC(=O)C2)cs1. The molecule has 5 heteroatoms. The topological polar surface area (TPSA) is 45.2 Å². The van der Waals surface area contributed by atoms with Gasteiger partial charge in [-0.3, -0.25) is 9.69 Å². The number of rotatable bonds is 4. The molecule has 4 nitrogen and oxygen atoms in total. The van der Waals surface area contributed by atoms with Crippen molar-refractivity contribution >= 4 is 17.2 Å². The molecule has 1 saturated heterocycles. The minimum absolute atomic E-state index is 0.121. The Morgan fingerprint density at radius 3 is 3.25 bits per heavy atom. The van der Waals surface area contributed by atoms with Gasteiger partial charge in [0.1, 0.15) is 0 Å². The van der Waals surface area contributed by atoms with Crippen molar-refractivity contribution < 1.29 is 4.79 Å². The molecule has 1 aliphatic heterocycles. The van der Waals surface area contributed by atoms with Gasteiger partial charge in [-0.2, -0.15) is 0 Å². The monoisotopic (exact) mass is 239 g/mol. The molecule has 0 atom stereocenters. The summed E-state index contributed by atoms with van der Waals surface area (Å²) in [4.78, 5) is 17.9. The second-order valence-electron chi connectivity index (χ2n) is 4.04. The summed E-state index contributed by atoms with van der Waals surface area (Å²) in [5.74, 6) is 0.121. The van der Waals surface area contributed by atoms with E-state index in [1.54, 1.807) is 11.3 Å². The number of aryl methyl sites for hydroxylation is 1. The van der Waals surface area contributed by atoms with Gasteiger partial charge in [0.15, 0.2) is 0 Å². The van der Waals surface area contributed by atoms with E-state index in [0.29, 0.717) is 6.54 Å². The summed E-state index contributed by atoms with van der Waals surface area (Å²) in [6.45, 7) is 5.14. The number of hydrogen-bond donors (Lipinski definition) is 1. The van der Waals surface area contributed by atoms with E-state index in [9.17, 15) is 4.79 Å². The predicted octanol–water partition coefficient (Wildman–Crippen LogP) is 1.03. The summed E-state index contributed by atoms with van der Waals surface area (Å²) in [7, 11) is 0. The van der Waals surface area contributed by atoms with Crippen LogP contribution >= 0.6 is 11.3 Å². The predicted molar refractivity (Wildman–Crippen MR) is 64.4 cm³/mol. The lowest BCUT2D eigenvalue weighted by molar-refractivity contribution is -0.124. The van der Waals surface area contributed by atoms with Gasteiger partial charge in [-0.15, -0.1) is 11.3 Å². The van der Waals surface area contributed by atoms with Gasteiger partial charge in [-0.05, 0) is 12.8 Å². The number of thiazole rings is 1. The number of nitrogens with one attached hydrogen (secondary N) is 1. The molecule has 1 aromatic heterocycles. The highest BCUT2D eigenvalue weighted by atomic mass is 32.1. The molecule has 0 radical (unpaired) electrons. The fourth-order valence-corrected chi connectivity index (χ4v) is 2.70. The van der Waals surface area contributed by atoms with E-state index in [-0.39, 0.29) is 5.91 Å². The Bertz CT molecular complexity index is 364. The lowest BCUT2D eigenvalue weighted by atomic mass is 10.3. The van der Waals surface area contributed by atoms with Crippen LogP contribution in [-0.4, -0.2) is 35.4 Å². The first kappa shape index (κ1) is 11.5. The maximum Gasteiger partial charge on any atom is 0.234 e. The molecular formula is C11H17N3OS. The summed E-state index contributed by atoms with van der Waals surface area (Å²) in [5, 5.41) is 6.14. The summed E-state index contributed by atoms with van der Waals surface area (Å²) in [5.41, 5.74) is 1.10. The molecule has 2 heterocycles. The second-order valence-corrected chi connectivity index (χ2v) is 4.99. The molecule has 1 aliphatic rings. The molecule has 16 heavy (non-hydrogen) atoms. The van der Waals surface area contributed by atoms with Gasteiger partial charge in [-0.25, -0.2) is 4.98 Å². The molecule has 0 unspecified atom stereocenters. The number of amides is 1. The number of carbonyl (C=O) groups excluding carboxylic acids is 1. The first-order chi connectivity index (χ1) is 7.78. The molecule has 1 aromatic rings. The molecule has 1 N–H and O–H groups in total. The summed E-state index contributed by atoms with van der Waals surface area (Å²) >= 11 is 1.73. The first-order valence-corrected chi connectivity index (χ1v) is 6.58. The highest BCUT2D eigenvalue weighted by molar-refractivity contribution is 7.09. The van der Waals surface area contributed by atoms with E-state index in [4.69, 9.17) is 0 Å². The zero-order valence-corrected chi connectivity index (χ0v) is 10.3. The van der Waals surface area contributed by atoms with Gasteiger partial charge in [0.25, 0.3) is 0 Å². The normalized spacial score (nSPS) is 17.4. The van der Waals surface area contributed by atoms with Crippen LogP contribution in [0.25, 0.3) is 0 Å². The van der Waals surface area contributed by atoms with Crippen LogP contribution in [0.1, 0.15) is 24.0 Å². The second kappa shape index (κ2) is 5.41. The van der Waals surface area contributed by atoms with Gasteiger partial charge in [0, 0.05) is 25.0 Å². The van der Waals surface area contributed by atoms with Crippen molar-refractivity contribution in [2.75, 3.05) is 19.6 Å². The third-order valence-corrected chi connectivity index (χ3v) is 3.52. The Morgan fingerprint density at radius 2 is 2.50 bits per heavy atom. The maximum absolute atomic E-state index is 11.2. The highest BCUT2D eigenvalue weighted by Gasteiger charge is 2.16. The summed E-state index contributed by atoms with van der Waals surface area (Å²) < 4.78 is 0. The van der Waals surface area contributed by atoms with Gasteiger partial charge in [0.2, 0.25) is 5.91 Å². The lowest BCUT2D eigenvalue weighted by Gasteiger charge is -2.25. The van der Waals surface area contributed by atoms with E-state index >= 15 is 0 Å². The van der Waals surface area contributed by atoms with E-state index in [1.165, 1.54) is 5.01 Å². The smallest absolute Gasteiger partial charge is 0.234 e. The van der Waals surface area contributed by atoms with Crippen molar-refractivity contribution in [2.24, 2.45) is 0 Å². The standard InChI is InChI=1S/C11H17N3OS/c1-2-3-11-13-9(8-16-11)6-14-5-4-12-10(15)7-14/h8H,2-7H2,1H3,(H,12,15). The molecule has 0 aromatic carbocycles. The van der Waals surface area contributed by atoms with Crippen LogP contribution in [-0.2, 0) is 17.8 Å². The zero-order valence-electron chi connectivity index (χ0n) is 9.53. The Kier molecular flexibility index (Phi) is 3.90. The third kappa shape index (κ3) is 3.02. The first-order valence-electron chi connectivity index (χ1n) is 5.70. The Hall–Kier alpha value is -0.940. The van der Waals surface area contributed by atoms with Crippen LogP contribution in [0.3, 0.4) is 0 Å². The average molecular weight is 239 g/mol. The fourth-order valence-electron chi connectivity index (χ4n) is 1.81. The highest BCUT2D eigenvalue weighted by Crippen LogP contribution is 2.13. The zero-order chi connectivity index (χ0) is 11.4. The fraction of sp³-hybridized carbons (Fsp3) is 0.636. The van der Waals surface area contributed by atoms with Crippen molar-refractivity contribution in [3.8, 4) is 0 Å². The van der Waals surface area contributed by atoms with E-state index in [1.807, 2.05) is 0 Å². The quantitative estimate of drug-likeness (QED) is 0.853. The average Bonchev–Trinajstić information content (AvgIpc) is 2.66. The van der Waals surface area contributed by atoms with Crippen molar-refractivity contribution in [3.05, 3.63) is 16.1 Å². The Morgan fingerprint density at radius 1 is 1.62 bits per heavy atom.